The molecule has 2 aromatic carbocycles. The van der Waals surface area contributed by atoms with E-state index in [-0.39, 0.29) is 12.5 Å². The third-order valence-corrected chi connectivity index (χ3v) is 8.55. The Morgan fingerprint density at radius 2 is 2.06 bits per heavy atom. The Morgan fingerprint density at radius 1 is 1.20 bits per heavy atom. The molecule has 0 bridgehead atoms. The number of aliphatic hydroxyl groups is 1. The summed E-state index contributed by atoms with van der Waals surface area (Å²) in [6, 6.07) is 15.9. The van der Waals surface area contributed by atoms with Gasteiger partial charge in [-0.2, -0.15) is 0 Å². The van der Waals surface area contributed by atoms with Crippen LogP contribution in [0.1, 0.15) is 43.0 Å². The maximum absolute atomic E-state index is 15.4. The number of methoxy groups -OCH3 is 1. The van der Waals surface area contributed by atoms with Gasteiger partial charge in [-0.1, -0.05) is 18.2 Å². The average molecular weight is 497 g/mol. The molecule has 1 saturated heterocycles. The number of hydrogen-bond donors (Lipinski definition) is 1. The van der Waals surface area contributed by atoms with Crippen LogP contribution < -0.4 is 4.74 Å². The van der Waals surface area contributed by atoms with Crippen molar-refractivity contribution in [2.75, 3.05) is 39.1 Å². The fourth-order valence-corrected chi connectivity index (χ4v) is 6.16. The molecule has 0 aliphatic carbocycles. The first-order valence-corrected chi connectivity index (χ1v) is 13.7. The summed E-state index contributed by atoms with van der Waals surface area (Å²) in [6.07, 6.45) is 4.04. The molecular weight excluding hydrogens is 459 g/mol. The van der Waals surface area contributed by atoms with E-state index in [0.29, 0.717) is 23.7 Å². The summed E-state index contributed by atoms with van der Waals surface area (Å²) in [5, 5.41) is 10.9. The van der Waals surface area contributed by atoms with Crippen molar-refractivity contribution in [1.82, 2.24) is 9.88 Å². The summed E-state index contributed by atoms with van der Waals surface area (Å²) in [4.78, 5) is 8.21. The fraction of sp³-hybridized carbons (Fsp3) is 0.483. The van der Waals surface area contributed by atoms with Gasteiger partial charge in [0.2, 0.25) is 0 Å². The van der Waals surface area contributed by atoms with E-state index in [1.165, 1.54) is 10.5 Å². The van der Waals surface area contributed by atoms with Crippen LogP contribution in [0.3, 0.4) is 0 Å². The van der Waals surface area contributed by atoms with Gasteiger partial charge in [-0.3, -0.25) is 4.98 Å². The monoisotopic (exact) mass is 496 g/mol. The van der Waals surface area contributed by atoms with Gasteiger partial charge in [0.1, 0.15) is 11.9 Å². The van der Waals surface area contributed by atoms with Crippen molar-refractivity contribution in [3.05, 3.63) is 65.9 Å². The van der Waals surface area contributed by atoms with Crippen LogP contribution in [0.2, 0.25) is 0 Å². The highest BCUT2D eigenvalue weighted by Gasteiger charge is 2.29. The molecule has 1 N–H and O–H groups in total. The van der Waals surface area contributed by atoms with Crippen LogP contribution in [-0.4, -0.2) is 54.1 Å². The largest absolute Gasteiger partial charge is 0.497 e. The Balaban J connectivity index is 1.26. The number of aromatic nitrogens is 1. The number of pyridine rings is 1. The summed E-state index contributed by atoms with van der Waals surface area (Å²) in [5.41, 5.74) is 2.80. The molecule has 3 atom stereocenters. The van der Waals surface area contributed by atoms with E-state index in [9.17, 15) is 5.11 Å². The quantitative estimate of drug-likeness (QED) is 0.244. The zero-order chi connectivity index (χ0) is 24.6. The number of thioether (sulfide) groups is 1. The molecule has 35 heavy (non-hydrogen) atoms. The molecule has 1 aliphatic rings. The maximum Gasteiger partial charge on any atom is 0.126 e. The van der Waals surface area contributed by atoms with E-state index in [0.717, 1.165) is 55.6 Å². The summed E-state index contributed by atoms with van der Waals surface area (Å²) < 4.78 is 20.7. The number of benzene rings is 2. The predicted octanol–water partition coefficient (Wildman–Crippen LogP) is 6.46. The minimum Gasteiger partial charge on any atom is -0.497 e. The molecule has 1 aromatic heterocycles. The van der Waals surface area contributed by atoms with Crippen LogP contribution in [0.5, 0.6) is 5.75 Å². The van der Waals surface area contributed by atoms with E-state index in [1.54, 1.807) is 19.4 Å². The van der Waals surface area contributed by atoms with Crippen molar-refractivity contribution >= 4 is 22.7 Å². The van der Waals surface area contributed by atoms with E-state index in [1.807, 2.05) is 30.0 Å². The average Bonchev–Trinajstić information content (AvgIpc) is 2.90. The van der Waals surface area contributed by atoms with Crippen LogP contribution in [0.15, 0.2) is 59.6 Å². The number of nitrogens with zero attached hydrogens (tertiary/aromatic N) is 2. The van der Waals surface area contributed by atoms with Gasteiger partial charge >= 0.3 is 0 Å². The Labute approximate surface area is 212 Å². The smallest absolute Gasteiger partial charge is 0.126 e. The van der Waals surface area contributed by atoms with Crippen LogP contribution in [-0.2, 0) is 0 Å². The van der Waals surface area contributed by atoms with E-state index < -0.39 is 6.17 Å². The van der Waals surface area contributed by atoms with Gasteiger partial charge in [-0.15, -0.1) is 11.8 Å². The summed E-state index contributed by atoms with van der Waals surface area (Å²) >= 11 is 1.92. The minimum atomic E-state index is -1.05. The Hall–Kier alpha value is -2.15. The zero-order valence-electron chi connectivity index (χ0n) is 20.8. The van der Waals surface area contributed by atoms with Gasteiger partial charge in [0.25, 0.3) is 0 Å². The molecule has 1 aliphatic heterocycles. The zero-order valence-corrected chi connectivity index (χ0v) is 21.6. The second-order valence-electron chi connectivity index (χ2n) is 9.59. The maximum atomic E-state index is 15.4. The number of aliphatic hydroxyl groups excluding tert-OH is 1. The van der Waals surface area contributed by atoms with E-state index in [2.05, 4.69) is 41.1 Å². The van der Waals surface area contributed by atoms with Gasteiger partial charge in [-0.05, 0) is 105 Å². The van der Waals surface area contributed by atoms with Crippen molar-refractivity contribution in [2.45, 2.75) is 43.7 Å². The second-order valence-corrected chi connectivity index (χ2v) is 10.7. The molecule has 4 nitrogen and oxygen atoms in total. The Bertz CT molecular complexity index is 1100. The predicted molar refractivity (Wildman–Crippen MR) is 143 cm³/mol. The van der Waals surface area contributed by atoms with Gasteiger partial charge in [0.05, 0.1) is 12.6 Å². The standard InChI is InChI=1S/C29H37FN2O2S/c1-21-6-3-4-7-29(21)35-17-5-15-32-16-13-22(23(19-32)20-33)8-10-27(30)25-12-14-31-28-11-9-24(34-2)18-26(25)28/h3-4,6-7,9,11-12,14,18,22-23,27,33H,5,8,10,13,15-17,19-20H2,1-2H3/t22-,23-,27?/m1/s1. The molecule has 1 unspecified atom stereocenters. The first-order valence-electron chi connectivity index (χ1n) is 12.7. The fourth-order valence-electron chi connectivity index (χ4n) is 5.20. The summed E-state index contributed by atoms with van der Waals surface area (Å²) in [6.45, 7) is 5.32. The van der Waals surface area contributed by atoms with Crippen LogP contribution in [0.25, 0.3) is 10.9 Å². The van der Waals surface area contributed by atoms with Crippen molar-refractivity contribution in [2.24, 2.45) is 11.8 Å². The highest BCUT2D eigenvalue weighted by molar-refractivity contribution is 7.99. The topological polar surface area (TPSA) is 45.6 Å². The normalized spacial score (nSPS) is 19.7. The third kappa shape index (κ3) is 6.75. The highest BCUT2D eigenvalue weighted by atomic mass is 32.2. The second kappa shape index (κ2) is 12.7. The number of aryl methyl sites for hydroxylation is 1. The van der Waals surface area contributed by atoms with Gasteiger partial charge in [0.15, 0.2) is 0 Å². The highest BCUT2D eigenvalue weighted by Crippen LogP contribution is 2.35. The first-order chi connectivity index (χ1) is 17.1. The lowest BCUT2D eigenvalue weighted by Crippen LogP contribution is -2.42. The number of rotatable bonds is 11. The van der Waals surface area contributed by atoms with E-state index in [4.69, 9.17) is 4.74 Å². The molecule has 0 radical (unpaired) electrons. The number of piperidine rings is 1. The molecule has 2 heterocycles. The van der Waals surface area contributed by atoms with Crippen molar-refractivity contribution in [3.63, 3.8) is 0 Å². The molecule has 6 heteroatoms. The minimum absolute atomic E-state index is 0.172. The van der Waals surface area contributed by atoms with E-state index >= 15 is 4.39 Å². The molecule has 1 fully saturated rings. The molecule has 0 spiro atoms. The lowest BCUT2D eigenvalue weighted by Gasteiger charge is -2.38. The molecule has 188 valence electrons. The summed E-state index contributed by atoms with van der Waals surface area (Å²) in [7, 11) is 1.62. The molecule has 4 rings (SSSR count). The van der Waals surface area contributed by atoms with Crippen molar-refractivity contribution in [1.29, 1.82) is 0 Å². The lowest BCUT2D eigenvalue weighted by atomic mass is 9.81. The molecule has 3 aromatic rings. The third-order valence-electron chi connectivity index (χ3n) is 7.29. The molecule has 0 saturated carbocycles. The lowest BCUT2D eigenvalue weighted by molar-refractivity contribution is 0.0640. The number of alkyl halides is 1. The summed E-state index contributed by atoms with van der Waals surface area (Å²) in [5.74, 6) is 2.39. The SMILES string of the molecule is COc1ccc2nccc(C(F)CC[C@@H]3CCN(CCCSc4ccccc4C)C[C@@H]3CO)c2c1. The van der Waals surface area contributed by atoms with Crippen molar-refractivity contribution < 1.29 is 14.2 Å². The number of hydrogen-bond acceptors (Lipinski definition) is 5. The molecule has 0 amide bonds. The van der Waals surface area contributed by atoms with Crippen molar-refractivity contribution in [3.8, 4) is 5.75 Å². The van der Waals surface area contributed by atoms with Gasteiger partial charge in [0, 0.05) is 29.6 Å². The van der Waals surface area contributed by atoms with Gasteiger partial charge < -0.3 is 14.7 Å². The van der Waals surface area contributed by atoms with Crippen LogP contribution >= 0.6 is 11.8 Å². The number of fused-ring (bicyclic) bond motifs is 1. The van der Waals surface area contributed by atoms with Gasteiger partial charge in [-0.25, -0.2) is 4.39 Å². The first kappa shape index (κ1) is 25.9. The number of halogens is 1. The number of likely N-dealkylation sites (tertiary alicyclic amines) is 1. The van der Waals surface area contributed by atoms with Crippen LogP contribution in [0, 0.1) is 18.8 Å². The molecular formula is C29H37FN2O2S. The van der Waals surface area contributed by atoms with Crippen LogP contribution in [0.4, 0.5) is 4.39 Å². The number of ether oxygens (including phenoxy) is 1. The Morgan fingerprint density at radius 3 is 2.86 bits per heavy atom. The Kier molecular flexibility index (Phi) is 9.41.